The molecule has 4 heteroatoms. The summed E-state index contributed by atoms with van der Waals surface area (Å²) in [5, 5.41) is 9.30. The van der Waals surface area contributed by atoms with Gasteiger partial charge in [-0.2, -0.15) is 0 Å². The third-order valence-electron chi connectivity index (χ3n) is 2.96. The molecule has 1 N–H and O–H groups in total. The second-order valence-electron chi connectivity index (χ2n) is 4.57. The molecule has 1 atom stereocenters. The largest absolute Gasteiger partial charge is 0.492 e. The van der Waals surface area contributed by atoms with Crippen molar-refractivity contribution in [2.75, 3.05) is 6.61 Å². The van der Waals surface area contributed by atoms with Crippen LogP contribution in [0.1, 0.15) is 17.0 Å². The van der Waals surface area contributed by atoms with Crippen LogP contribution in [0.3, 0.4) is 0 Å². The van der Waals surface area contributed by atoms with Crippen LogP contribution in [-0.2, 0) is 4.79 Å². The van der Waals surface area contributed by atoms with Crippen LogP contribution in [0.2, 0.25) is 0 Å². The Kier molecular flexibility index (Phi) is 4.35. The van der Waals surface area contributed by atoms with Crippen molar-refractivity contribution in [3.05, 3.63) is 65.5 Å². The van der Waals surface area contributed by atoms with E-state index in [4.69, 9.17) is 4.74 Å². The monoisotopic (exact) mass is 274 g/mol. The fourth-order valence-electron chi connectivity index (χ4n) is 1.93. The molecule has 0 saturated carbocycles. The van der Waals surface area contributed by atoms with E-state index in [0.29, 0.717) is 11.3 Å². The molecule has 1 unspecified atom stereocenters. The second kappa shape index (κ2) is 6.19. The SMILES string of the molecule is Cc1cccc(C(COc2cccc(F)c2)C(=O)O)c1. The van der Waals surface area contributed by atoms with Gasteiger partial charge in [0.1, 0.15) is 24.1 Å². The Morgan fingerprint density at radius 3 is 2.65 bits per heavy atom. The van der Waals surface area contributed by atoms with Gasteiger partial charge in [0.25, 0.3) is 0 Å². The van der Waals surface area contributed by atoms with Crippen LogP contribution in [0.15, 0.2) is 48.5 Å². The van der Waals surface area contributed by atoms with Gasteiger partial charge in [0, 0.05) is 6.07 Å². The van der Waals surface area contributed by atoms with Crippen molar-refractivity contribution in [1.29, 1.82) is 0 Å². The van der Waals surface area contributed by atoms with E-state index in [1.165, 1.54) is 18.2 Å². The van der Waals surface area contributed by atoms with Gasteiger partial charge in [0.05, 0.1) is 0 Å². The third-order valence-corrected chi connectivity index (χ3v) is 2.96. The maximum Gasteiger partial charge on any atom is 0.314 e. The Hall–Kier alpha value is -2.36. The first kappa shape index (κ1) is 14.1. The average molecular weight is 274 g/mol. The van der Waals surface area contributed by atoms with Gasteiger partial charge in [-0.1, -0.05) is 35.9 Å². The molecule has 2 aromatic rings. The van der Waals surface area contributed by atoms with E-state index < -0.39 is 17.7 Å². The van der Waals surface area contributed by atoms with E-state index in [1.54, 1.807) is 12.1 Å². The Morgan fingerprint density at radius 1 is 1.25 bits per heavy atom. The summed E-state index contributed by atoms with van der Waals surface area (Å²) in [4.78, 5) is 11.3. The number of rotatable bonds is 5. The van der Waals surface area contributed by atoms with Gasteiger partial charge in [-0.15, -0.1) is 0 Å². The highest BCUT2D eigenvalue weighted by Gasteiger charge is 2.20. The van der Waals surface area contributed by atoms with E-state index in [2.05, 4.69) is 0 Å². The maximum absolute atomic E-state index is 13.0. The Balaban J connectivity index is 2.13. The van der Waals surface area contributed by atoms with E-state index in [0.717, 1.165) is 5.56 Å². The zero-order valence-corrected chi connectivity index (χ0v) is 11.0. The number of carbonyl (C=O) groups is 1. The summed E-state index contributed by atoms with van der Waals surface area (Å²) in [6, 6.07) is 12.9. The molecule has 0 aromatic heterocycles. The molecule has 0 fully saturated rings. The van der Waals surface area contributed by atoms with Crippen LogP contribution in [0.5, 0.6) is 5.75 Å². The first-order valence-corrected chi connectivity index (χ1v) is 6.24. The molecule has 0 bridgehead atoms. The van der Waals surface area contributed by atoms with Crippen LogP contribution >= 0.6 is 0 Å². The van der Waals surface area contributed by atoms with Gasteiger partial charge in [0.15, 0.2) is 0 Å². The molecule has 0 amide bonds. The van der Waals surface area contributed by atoms with E-state index >= 15 is 0 Å². The summed E-state index contributed by atoms with van der Waals surface area (Å²) in [7, 11) is 0. The van der Waals surface area contributed by atoms with Crippen molar-refractivity contribution < 1.29 is 19.0 Å². The van der Waals surface area contributed by atoms with E-state index in [1.807, 2.05) is 25.1 Å². The molecule has 104 valence electrons. The maximum atomic E-state index is 13.0. The molecule has 0 aliphatic heterocycles. The molecule has 3 nitrogen and oxygen atoms in total. The number of ether oxygens (including phenoxy) is 1. The van der Waals surface area contributed by atoms with Crippen molar-refractivity contribution in [3.63, 3.8) is 0 Å². The van der Waals surface area contributed by atoms with Crippen molar-refractivity contribution >= 4 is 5.97 Å². The molecule has 0 saturated heterocycles. The molecular formula is C16H15FO3. The third kappa shape index (κ3) is 3.57. The highest BCUT2D eigenvalue weighted by atomic mass is 19.1. The minimum atomic E-state index is -0.966. The lowest BCUT2D eigenvalue weighted by atomic mass is 9.98. The highest BCUT2D eigenvalue weighted by molar-refractivity contribution is 5.76. The minimum Gasteiger partial charge on any atom is -0.492 e. The lowest BCUT2D eigenvalue weighted by Crippen LogP contribution is -2.19. The summed E-state index contributed by atoms with van der Waals surface area (Å²) in [5.74, 6) is -1.83. The van der Waals surface area contributed by atoms with Gasteiger partial charge in [0.2, 0.25) is 0 Å². The lowest BCUT2D eigenvalue weighted by molar-refractivity contribution is -0.139. The number of aliphatic carboxylic acids is 1. The number of benzene rings is 2. The van der Waals surface area contributed by atoms with Crippen LogP contribution in [-0.4, -0.2) is 17.7 Å². The molecule has 0 aliphatic rings. The molecule has 0 aliphatic carbocycles. The zero-order chi connectivity index (χ0) is 14.5. The summed E-state index contributed by atoms with van der Waals surface area (Å²) in [6.45, 7) is 1.86. The van der Waals surface area contributed by atoms with Crippen molar-refractivity contribution in [1.82, 2.24) is 0 Å². The van der Waals surface area contributed by atoms with Crippen LogP contribution < -0.4 is 4.74 Å². The highest BCUT2D eigenvalue weighted by Crippen LogP contribution is 2.20. The Bertz CT molecular complexity index is 610. The fourth-order valence-corrected chi connectivity index (χ4v) is 1.93. The summed E-state index contributed by atoms with van der Waals surface area (Å²) in [6.07, 6.45) is 0. The number of aryl methyl sites for hydroxylation is 1. The molecule has 0 radical (unpaired) electrons. The molecule has 20 heavy (non-hydrogen) atoms. The predicted octanol–water partition coefficient (Wildman–Crippen LogP) is 3.38. The van der Waals surface area contributed by atoms with Crippen molar-refractivity contribution in [2.24, 2.45) is 0 Å². The standard InChI is InChI=1S/C16H15FO3/c1-11-4-2-5-12(8-11)15(16(18)19)10-20-14-7-3-6-13(17)9-14/h2-9,15H,10H2,1H3,(H,18,19). The fraction of sp³-hybridized carbons (Fsp3) is 0.188. The smallest absolute Gasteiger partial charge is 0.314 e. The summed E-state index contributed by atoms with van der Waals surface area (Å²) >= 11 is 0. The predicted molar refractivity (Wildman–Crippen MR) is 73.5 cm³/mol. The quantitative estimate of drug-likeness (QED) is 0.909. The number of carboxylic acid groups (broad SMARTS) is 1. The normalized spacial score (nSPS) is 11.9. The Morgan fingerprint density at radius 2 is 2.00 bits per heavy atom. The summed E-state index contributed by atoms with van der Waals surface area (Å²) in [5.41, 5.74) is 1.66. The number of hydrogen-bond donors (Lipinski definition) is 1. The topological polar surface area (TPSA) is 46.5 Å². The van der Waals surface area contributed by atoms with E-state index in [-0.39, 0.29) is 6.61 Å². The van der Waals surface area contributed by atoms with Gasteiger partial charge in [-0.05, 0) is 24.6 Å². The van der Waals surface area contributed by atoms with Gasteiger partial charge in [-0.3, -0.25) is 4.79 Å². The average Bonchev–Trinajstić information content (AvgIpc) is 2.38. The van der Waals surface area contributed by atoms with Crippen molar-refractivity contribution in [3.8, 4) is 5.75 Å². The van der Waals surface area contributed by atoms with Gasteiger partial charge >= 0.3 is 5.97 Å². The summed E-state index contributed by atoms with van der Waals surface area (Å²) < 4.78 is 18.4. The van der Waals surface area contributed by atoms with Crippen LogP contribution in [0, 0.1) is 12.7 Å². The first-order valence-electron chi connectivity index (χ1n) is 6.24. The minimum absolute atomic E-state index is 0.0394. The zero-order valence-electron chi connectivity index (χ0n) is 11.0. The lowest BCUT2D eigenvalue weighted by Gasteiger charge is -2.14. The first-order chi connectivity index (χ1) is 9.56. The number of carboxylic acids is 1. The van der Waals surface area contributed by atoms with Gasteiger partial charge < -0.3 is 9.84 Å². The molecular weight excluding hydrogens is 259 g/mol. The van der Waals surface area contributed by atoms with Gasteiger partial charge in [-0.25, -0.2) is 4.39 Å². The molecule has 2 rings (SSSR count). The Labute approximate surface area is 116 Å². The number of hydrogen-bond acceptors (Lipinski definition) is 2. The van der Waals surface area contributed by atoms with Crippen LogP contribution in [0.4, 0.5) is 4.39 Å². The van der Waals surface area contributed by atoms with E-state index in [9.17, 15) is 14.3 Å². The van der Waals surface area contributed by atoms with Crippen molar-refractivity contribution in [2.45, 2.75) is 12.8 Å². The number of halogens is 1. The van der Waals surface area contributed by atoms with Crippen LogP contribution in [0.25, 0.3) is 0 Å². The molecule has 0 heterocycles. The second-order valence-corrected chi connectivity index (χ2v) is 4.57. The molecule has 2 aromatic carbocycles. The molecule has 0 spiro atoms.